The molecule has 1 fully saturated rings. The second kappa shape index (κ2) is 34.6. The summed E-state index contributed by atoms with van der Waals surface area (Å²) in [6.07, 6.45) is 2.69. The molecule has 3 heterocycles. The van der Waals surface area contributed by atoms with Gasteiger partial charge in [0.15, 0.2) is 12.0 Å². The fourth-order valence-electron chi connectivity index (χ4n) is 11.1. The smallest absolute Gasteiger partial charge is 0.409 e. The quantitative estimate of drug-likeness (QED) is 0.0169. The molecule has 5 rings (SSSR count). The molecule has 0 radical (unpaired) electrons. The van der Waals surface area contributed by atoms with Crippen molar-refractivity contribution in [3.63, 3.8) is 0 Å². The number of carbonyl (C=O) groups excluding carboxylic acids is 9. The Bertz CT molecular complexity index is 3240. The number of nitrogens with two attached hydrogens (primary N) is 1. The number of primary amides is 1. The van der Waals surface area contributed by atoms with E-state index in [9.17, 15) is 53.4 Å². The standard InChI is InChI=1S/C65H90Br2ClN9O16/c1-36(2)54(74-51(79)22-13-14-25-63(7,8)93-64(33-66,34-67)35-78)58(83)73-45(20-17-27-71-61(69)86)57(82)72-44-24-23-43(42-19-16-26-70-55(42)44)59(84)76(9)40(6)60(85)91-47-31-52(80)77(10)46-29-41(30-48(89-11)53(46)68)28-37(3)18-15-21-50(90-12)65(88)32-49(92-62(87)75-65)39(5)56(81)38(47)4/h15-16,18-19,21,23-24,26,29-30,35-36,38-40,45,47,49-50,54,56,81,88H,13-14,17,20,22,25,27-28,31-34H2,1-12H3,(H,72,82)(H,73,83)(H,74,79)(H,75,87)(H3,69,71,86)/b21-15+,37-18+/t38?,39-,40+,45+,47+,49+,50-,54+,56-,65+/m1/s1. The Kier molecular flexibility index (Phi) is 28.6. The van der Waals surface area contributed by atoms with Gasteiger partial charge in [0.25, 0.3) is 5.91 Å². The summed E-state index contributed by atoms with van der Waals surface area (Å²) in [5, 5.41) is 38.4. The molecule has 10 atom stereocenters. The molecule has 1 aromatic heterocycles. The maximum atomic E-state index is 14.7. The summed E-state index contributed by atoms with van der Waals surface area (Å²) in [5.41, 5.74) is 3.76. The number of urea groups is 1. The van der Waals surface area contributed by atoms with Gasteiger partial charge in [-0.05, 0) is 102 Å². The van der Waals surface area contributed by atoms with Crippen LogP contribution in [0.2, 0.25) is 5.02 Å². The molecule has 512 valence electrons. The third kappa shape index (κ3) is 20.6. The number of fused-ring (bicyclic) bond motifs is 5. The average molecular weight is 1450 g/mol. The minimum Gasteiger partial charge on any atom is -0.495 e. The van der Waals surface area contributed by atoms with Crippen molar-refractivity contribution in [2.75, 3.05) is 55.7 Å². The molecule has 28 heteroatoms. The Morgan fingerprint density at radius 2 is 1.72 bits per heavy atom. The van der Waals surface area contributed by atoms with Gasteiger partial charge in [0.1, 0.15) is 52.8 Å². The molecule has 1 unspecified atom stereocenters. The van der Waals surface area contributed by atoms with E-state index >= 15 is 0 Å². The number of aldehydes is 1. The SMILES string of the molecule is COc1cc2cc(c1Cl)N(C)C(=O)C[C@H](OC(=O)[C@H](C)N(C)C(=O)c1ccc(NC(=O)[C@H](CCCNC(N)=O)NC(=O)[C@@H](NC(=O)CCCCC(C)(C)OC(C=O)(CBr)CBr)C(C)C)c3ncccc13)C(C)[C@@H](O)[C@H](C)[C@@H]1C[C@@](O)(NC(=O)O1)[C@H](OC)/C=C/C=C(\C)C2. The van der Waals surface area contributed by atoms with Gasteiger partial charge in [0.2, 0.25) is 23.6 Å². The number of nitrogens with one attached hydrogen (secondary N) is 5. The van der Waals surface area contributed by atoms with Crippen LogP contribution in [0.1, 0.15) is 123 Å². The number of aliphatic hydroxyl groups is 2. The summed E-state index contributed by atoms with van der Waals surface area (Å²) in [6, 6.07) is 5.06. The van der Waals surface area contributed by atoms with E-state index < -0.39 is 131 Å². The van der Waals surface area contributed by atoms with Crippen molar-refractivity contribution < 1.29 is 77.0 Å². The number of allylic oxidation sites excluding steroid dienone is 3. The van der Waals surface area contributed by atoms with Gasteiger partial charge in [-0.15, -0.1) is 0 Å². The number of aromatic nitrogens is 1. The van der Waals surface area contributed by atoms with Crippen molar-refractivity contribution in [2.24, 2.45) is 23.5 Å². The van der Waals surface area contributed by atoms with Crippen LogP contribution in [0, 0.1) is 17.8 Å². The first-order chi connectivity index (χ1) is 43.8. The van der Waals surface area contributed by atoms with E-state index in [1.165, 1.54) is 58.5 Å². The molecule has 2 aromatic carbocycles. The van der Waals surface area contributed by atoms with Crippen molar-refractivity contribution in [1.29, 1.82) is 0 Å². The number of aliphatic hydroxyl groups excluding tert-OH is 1. The number of esters is 1. The lowest BCUT2D eigenvalue weighted by molar-refractivity contribution is -0.165. The molecule has 0 aliphatic carbocycles. The highest BCUT2D eigenvalue weighted by Crippen LogP contribution is 2.39. The molecule has 8 amide bonds. The second-order valence-electron chi connectivity index (χ2n) is 24.8. The van der Waals surface area contributed by atoms with Crippen LogP contribution < -0.4 is 42.0 Å². The number of rotatable bonds is 26. The van der Waals surface area contributed by atoms with Crippen molar-refractivity contribution >= 4 is 120 Å². The lowest BCUT2D eigenvalue weighted by Crippen LogP contribution is -2.64. The first-order valence-corrected chi connectivity index (χ1v) is 33.4. The number of halogens is 3. The van der Waals surface area contributed by atoms with Crippen LogP contribution in [0.4, 0.5) is 21.0 Å². The number of unbranched alkanes of at least 4 members (excludes halogenated alkanes) is 1. The fourth-order valence-corrected chi connectivity index (χ4v) is 12.8. The highest BCUT2D eigenvalue weighted by atomic mass is 79.9. The molecule has 4 bridgehead atoms. The third-order valence-corrected chi connectivity index (χ3v) is 19.1. The normalized spacial score (nSPS) is 22.6. The maximum Gasteiger partial charge on any atom is 0.409 e. The van der Waals surface area contributed by atoms with E-state index in [-0.39, 0.29) is 70.8 Å². The summed E-state index contributed by atoms with van der Waals surface area (Å²) in [6.45, 7) is 13.7. The summed E-state index contributed by atoms with van der Waals surface area (Å²) in [4.78, 5) is 129. The first-order valence-electron chi connectivity index (χ1n) is 30.8. The Morgan fingerprint density at radius 3 is 2.35 bits per heavy atom. The number of likely N-dealkylation sites (N-methyl/N-ethyl adjacent to an activating group) is 1. The number of methoxy groups -OCH3 is 2. The third-order valence-electron chi connectivity index (χ3n) is 16.8. The lowest BCUT2D eigenvalue weighted by atomic mass is 9.81. The van der Waals surface area contributed by atoms with Crippen LogP contribution in [-0.4, -0.2) is 179 Å². The monoisotopic (exact) mass is 1450 g/mol. The highest BCUT2D eigenvalue weighted by molar-refractivity contribution is 9.10. The largest absolute Gasteiger partial charge is 0.495 e. The Labute approximate surface area is 565 Å². The van der Waals surface area contributed by atoms with Crippen LogP contribution in [0.3, 0.4) is 0 Å². The Balaban J connectivity index is 1.38. The molecular weight excluding hydrogens is 1360 g/mol. The minimum absolute atomic E-state index is 0.00761. The predicted octanol–water partition coefficient (Wildman–Crippen LogP) is 7.31. The summed E-state index contributed by atoms with van der Waals surface area (Å²) >= 11 is 13.6. The summed E-state index contributed by atoms with van der Waals surface area (Å²) in [5.74, 6) is -6.12. The van der Waals surface area contributed by atoms with Gasteiger partial charge in [0, 0.05) is 80.2 Å². The molecule has 25 nitrogen and oxygen atoms in total. The predicted molar refractivity (Wildman–Crippen MR) is 358 cm³/mol. The summed E-state index contributed by atoms with van der Waals surface area (Å²) in [7, 11) is 5.67. The highest BCUT2D eigenvalue weighted by Gasteiger charge is 2.49. The molecule has 0 saturated carbocycles. The number of hydrogen-bond donors (Lipinski definition) is 8. The molecule has 1 saturated heterocycles. The van der Waals surface area contributed by atoms with Gasteiger partial charge in [-0.1, -0.05) is 107 Å². The fraction of sp³-hybridized carbons (Fsp3) is 0.569. The van der Waals surface area contributed by atoms with Crippen molar-refractivity contribution in [2.45, 2.75) is 173 Å². The number of hydrogen-bond acceptors (Lipinski definition) is 17. The molecule has 93 heavy (non-hydrogen) atoms. The molecule has 0 spiro atoms. The number of alkyl carbamates (subject to hydrolysis) is 1. The second-order valence-corrected chi connectivity index (χ2v) is 26.3. The van der Waals surface area contributed by atoms with E-state index in [0.29, 0.717) is 41.9 Å². The van der Waals surface area contributed by atoms with Crippen LogP contribution in [0.5, 0.6) is 5.75 Å². The topological polar surface area (TPSA) is 346 Å². The number of amides is 8. The minimum atomic E-state index is -2.00. The van der Waals surface area contributed by atoms with E-state index in [4.69, 9.17) is 41.0 Å². The molecular formula is C65H90Br2ClN9O16. The number of nitrogens with zero attached hydrogens (tertiary/aromatic N) is 3. The van der Waals surface area contributed by atoms with E-state index in [0.717, 1.165) is 16.8 Å². The zero-order chi connectivity index (χ0) is 69.3. The van der Waals surface area contributed by atoms with Crippen LogP contribution in [-0.2, 0) is 54.1 Å². The average Bonchev–Trinajstić information content (AvgIpc) is 1.03. The Morgan fingerprint density at radius 1 is 1.02 bits per heavy atom. The van der Waals surface area contributed by atoms with Gasteiger partial charge in [-0.3, -0.25) is 34.3 Å². The molecule has 3 aromatic rings. The molecule has 9 N–H and O–H groups in total. The maximum absolute atomic E-state index is 14.7. The summed E-state index contributed by atoms with van der Waals surface area (Å²) < 4.78 is 29.3. The van der Waals surface area contributed by atoms with Crippen molar-refractivity contribution in [3.05, 3.63) is 82.5 Å². The van der Waals surface area contributed by atoms with E-state index in [1.54, 1.807) is 70.2 Å². The number of ether oxygens (including phenoxy) is 5. The number of pyridine rings is 1. The number of alkyl halides is 2. The van der Waals surface area contributed by atoms with Gasteiger partial charge in [-0.2, -0.15) is 0 Å². The zero-order valence-corrected chi connectivity index (χ0v) is 58.7. The van der Waals surface area contributed by atoms with Crippen LogP contribution >= 0.6 is 43.5 Å². The number of benzene rings is 2. The van der Waals surface area contributed by atoms with Gasteiger partial charge < -0.3 is 75.5 Å². The zero-order valence-electron chi connectivity index (χ0n) is 54.8. The van der Waals surface area contributed by atoms with Crippen LogP contribution in [0.15, 0.2) is 66.4 Å². The number of anilines is 2. The van der Waals surface area contributed by atoms with E-state index in [1.807, 2.05) is 20.8 Å². The van der Waals surface area contributed by atoms with Gasteiger partial charge >= 0.3 is 18.1 Å². The van der Waals surface area contributed by atoms with Gasteiger partial charge in [0.05, 0.1) is 42.1 Å². The Hall–Kier alpha value is -6.75. The van der Waals surface area contributed by atoms with Crippen molar-refractivity contribution in [3.8, 4) is 5.75 Å². The number of carbonyl (C=O) groups is 9. The van der Waals surface area contributed by atoms with Crippen LogP contribution in [0.25, 0.3) is 10.9 Å². The molecule has 2 aliphatic rings. The van der Waals surface area contributed by atoms with Gasteiger partial charge in [-0.25, -0.2) is 14.4 Å². The molecule has 2 aliphatic heterocycles. The van der Waals surface area contributed by atoms with Crippen molar-refractivity contribution in [1.82, 2.24) is 31.2 Å². The van der Waals surface area contributed by atoms with E-state index in [2.05, 4.69) is 63.4 Å². The lowest BCUT2D eigenvalue weighted by Gasteiger charge is -2.43. The first kappa shape index (κ1) is 77.0.